The number of aromatic nitrogens is 2. The van der Waals surface area contributed by atoms with Crippen molar-refractivity contribution in [2.75, 3.05) is 0 Å². The number of H-pyrrole nitrogens is 1. The molecular weight excluding hydrogens is 202 g/mol. The second-order valence-electron chi connectivity index (χ2n) is 4.77. The number of imidazole rings is 1. The molecule has 1 fully saturated rings. The van der Waals surface area contributed by atoms with Gasteiger partial charge in [-0.2, -0.15) is 0 Å². The van der Waals surface area contributed by atoms with Crippen molar-refractivity contribution in [2.24, 2.45) is 0 Å². The van der Waals surface area contributed by atoms with Crippen LogP contribution in [0.1, 0.15) is 44.9 Å². The number of hydrogen-bond acceptors (Lipinski definition) is 3. The molecule has 0 amide bonds. The molecule has 0 aromatic carbocycles. The highest BCUT2D eigenvalue weighted by atomic mass is 16.3. The Morgan fingerprint density at radius 2 is 2.31 bits per heavy atom. The molecule has 0 saturated heterocycles. The molecule has 16 heavy (non-hydrogen) atoms. The number of hydrogen-bond donors (Lipinski definition) is 3. The molecule has 3 N–H and O–H groups in total. The van der Waals surface area contributed by atoms with Crippen LogP contribution in [0.4, 0.5) is 0 Å². The fourth-order valence-electron chi connectivity index (χ4n) is 2.35. The summed E-state index contributed by atoms with van der Waals surface area (Å²) >= 11 is 0. The van der Waals surface area contributed by atoms with Crippen molar-refractivity contribution in [2.45, 2.75) is 57.2 Å². The van der Waals surface area contributed by atoms with E-state index >= 15 is 0 Å². The normalized spacial score (nSPS) is 30.5. The lowest BCUT2D eigenvalue weighted by Gasteiger charge is -2.35. The zero-order valence-electron chi connectivity index (χ0n) is 9.87. The van der Waals surface area contributed by atoms with E-state index in [1.807, 2.05) is 6.20 Å². The maximum Gasteiger partial charge on any atom is 0.120 e. The van der Waals surface area contributed by atoms with E-state index in [2.05, 4.69) is 22.2 Å². The lowest BCUT2D eigenvalue weighted by atomic mass is 9.80. The predicted molar refractivity (Wildman–Crippen MR) is 62.9 cm³/mol. The SMILES string of the molecule is CCC1(O)CCC(NCc2ncc[nH]2)CC1. The summed E-state index contributed by atoms with van der Waals surface area (Å²) in [5, 5.41) is 13.6. The van der Waals surface area contributed by atoms with Gasteiger partial charge in [0.05, 0.1) is 12.1 Å². The fourth-order valence-corrected chi connectivity index (χ4v) is 2.35. The Bertz CT molecular complexity index is 302. The van der Waals surface area contributed by atoms with E-state index in [9.17, 15) is 5.11 Å². The van der Waals surface area contributed by atoms with Crippen molar-refractivity contribution in [1.82, 2.24) is 15.3 Å². The Labute approximate surface area is 96.5 Å². The molecule has 0 atom stereocenters. The molecule has 0 radical (unpaired) electrons. The van der Waals surface area contributed by atoms with Gasteiger partial charge in [0.15, 0.2) is 0 Å². The summed E-state index contributed by atoms with van der Waals surface area (Å²) in [5.41, 5.74) is -0.400. The van der Waals surface area contributed by atoms with Gasteiger partial charge in [0.1, 0.15) is 5.82 Å². The Morgan fingerprint density at radius 1 is 1.56 bits per heavy atom. The van der Waals surface area contributed by atoms with Crippen LogP contribution in [0, 0.1) is 0 Å². The van der Waals surface area contributed by atoms with E-state index in [-0.39, 0.29) is 0 Å². The van der Waals surface area contributed by atoms with Crippen LogP contribution < -0.4 is 5.32 Å². The number of nitrogens with one attached hydrogen (secondary N) is 2. The molecule has 0 spiro atoms. The van der Waals surface area contributed by atoms with Crippen molar-refractivity contribution in [3.63, 3.8) is 0 Å². The summed E-state index contributed by atoms with van der Waals surface area (Å²) in [6, 6.07) is 0.525. The first-order valence-electron chi connectivity index (χ1n) is 6.16. The van der Waals surface area contributed by atoms with Gasteiger partial charge in [-0.05, 0) is 32.1 Å². The number of nitrogens with zero attached hydrogens (tertiary/aromatic N) is 1. The number of aliphatic hydroxyl groups is 1. The highest BCUT2D eigenvalue weighted by molar-refractivity contribution is 4.90. The maximum absolute atomic E-state index is 10.1. The molecule has 2 rings (SSSR count). The molecular formula is C12H21N3O. The van der Waals surface area contributed by atoms with Gasteiger partial charge in [-0.25, -0.2) is 4.98 Å². The predicted octanol–water partition coefficient (Wildman–Crippen LogP) is 1.58. The summed E-state index contributed by atoms with van der Waals surface area (Å²) in [4.78, 5) is 7.26. The summed E-state index contributed by atoms with van der Waals surface area (Å²) in [6.07, 6.45) is 8.44. The first-order chi connectivity index (χ1) is 7.72. The molecule has 1 saturated carbocycles. The minimum absolute atomic E-state index is 0.400. The highest BCUT2D eigenvalue weighted by Crippen LogP contribution is 2.30. The van der Waals surface area contributed by atoms with Gasteiger partial charge >= 0.3 is 0 Å². The minimum Gasteiger partial charge on any atom is -0.390 e. The van der Waals surface area contributed by atoms with Crippen LogP contribution >= 0.6 is 0 Å². The Kier molecular flexibility index (Phi) is 3.61. The van der Waals surface area contributed by atoms with Crippen LogP contribution in [0.5, 0.6) is 0 Å². The second-order valence-corrected chi connectivity index (χ2v) is 4.77. The van der Waals surface area contributed by atoms with E-state index in [1.54, 1.807) is 6.20 Å². The quantitative estimate of drug-likeness (QED) is 0.726. The molecule has 1 aromatic rings. The molecule has 90 valence electrons. The highest BCUT2D eigenvalue weighted by Gasteiger charge is 2.31. The van der Waals surface area contributed by atoms with Crippen LogP contribution in [0.15, 0.2) is 12.4 Å². The van der Waals surface area contributed by atoms with E-state index in [1.165, 1.54) is 0 Å². The van der Waals surface area contributed by atoms with E-state index in [0.29, 0.717) is 6.04 Å². The van der Waals surface area contributed by atoms with Crippen molar-refractivity contribution in [1.29, 1.82) is 0 Å². The van der Waals surface area contributed by atoms with Crippen molar-refractivity contribution < 1.29 is 5.11 Å². The molecule has 4 heteroatoms. The molecule has 0 aliphatic heterocycles. The lowest BCUT2D eigenvalue weighted by Crippen LogP contribution is -2.40. The topological polar surface area (TPSA) is 60.9 Å². The third kappa shape index (κ3) is 2.83. The molecule has 1 aliphatic rings. The van der Waals surface area contributed by atoms with Gasteiger partial charge in [-0.15, -0.1) is 0 Å². The van der Waals surface area contributed by atoms with Crippen molar-refractivity contribution in [3.05, 3.63) is 18.2 Å². The van der Waals surface area contributed by atoms with Crippen molar-refractivity contribution in [3.8, 4) is 0 Å². The molecule has 1 aromatic heterocycles. The van der Waals surface area contributed by atoms with Crippen LogP contribution in [-0.4, -0.2) is 26.7 Å². The lowest BCUT2D eigenvalue weighted by molar-refractivity contribution is -0.00696. The summed E-state index contributed by atoms with van der Waals surface area (Å²) in [7, 11) is 0. The first kappa shape index (κ1) is 11.6. The van der Waals surface area contributed by atoms with Crippen LogP contribution in [-0.2, 0) is 6.54 Å². The summed E-state index contributed by atoms with van der Waals surface area (Å²) < 4.78 is 0. The second kappa shape index (κ2) is 4.97. The van der Waals surface area contributed by atoms with Gasteiger partial charge in [0.2, 0.25) is 0 Å². The molecule has 4 nitrogen and oxygen atoms in total. The molecule has 1 aliphatic carbocycles. The molecule has 1 heterocycles. The zero-order chi connectivity index (χ0) is 11.4. The van der Waals surface area contributed by atoms with Crippen LogP contribution in [0.2, 0.25) is 0 Å². The number of aromatic amines is 1. The smallest absolute Gasteiger partial charge is 0.120 e. The monoisotopic (exact) mass is 223 g/mol. The van der Waals surface area contributed by atoms with Crippen LogP contribution in [0.25, 0.3) is 0 Å². The number of rotatable bonds is 4. The zero-order valence-corrected chi connectivity index (χ0v) is 9.87. The molecule has 0 unspecified atom stereocenters. The van der Waals surface area contributed by atoms with Crippen LogP contribution in [0.3, 0.4) is 0 Å². The minimum atomic E-state index is -0.400. The third-order valence-electron chi connectivity index (χ3n) is 3.69. The Hall–Kier alpha value is -0.870. The average molecular weight is 223 g/mol. The fraction of sp³-hybridized carbons (Fsp3) is 0.750. The Balaban J connectivity index is 1.73. The van der Waals surface area contributed by atoms with E-state index < -0.39 is 5.60 Å². The van der Waals surface area contributed by atoms with Gasteiger partial charge < -0.3 is 15.4 Å². The van der Waals surface area contributed by atoms with Gasteiger partial charge in [0.25, 0.3) is 0 Å². The van der Waals surface area contributed by atoms with Gasteiger partial charge in [0, 0.05) is 18.4 Å². The van der Waals surface area contributed by atoms with Gasteiger partial charge in [-0.3, -0.25) is 0 Å². The maximum atomic E-state index is 10.1. The van der Waals surface area contributed by atoms with Gasteiger partial charge in [-0.1, -0.05) is 6.92 Å². The largest absolute Gasteiger partial charge is 0.390 e. The van der Waals surface area contributed by atoms with Crippen molar-refractivity contribution >= 4 is 0 Å². The standard InChI is InChI=1S/C12H21N3O/c1-2-12(16)5-3-10(4-6-12)15-9-11-13-7-8-14-11/h7-8,10,15-16H,2-6,9H2,1H3,(H,13,14). The third-order valence-corrected chi connectivity index (χ3v) is 3.69. The van der Waals surface area contributed by atoms with E-state index in [0.717, 1.165) is 44.5 Å². The van der Waals surface area contributed by atoms with E-state index in [4.69, 9.17) is 0 Å². The molecule has 0 bridgehead atoms. The summed E-state index contributed by atoms with van der Waals surface area (Å²) in [6.45, 7) is 2.86. The first-order valence-corrected chi connectivity index (χ1v) is 6.16. The summed E-state index contributed by atoms with van der Waals surface area (Å²) in [5.74, 6) is 0.983. The average Bonchev–Trinajstić information content (AvgIpc) is 2.81. The Morgan fingerprint density at radius 3 is 2.88 bits per heavy atom.